The maximum absolute atomic E-state index is 12.7. The Kier molecular flexibility index (Phi) is 7.11. The largest absolute Gasteiger partial charge is 0.493 e. The number of fused-ring (bicyclic) bond motifs is 1. The zero-order chi connectivity index (χ0) is 22.6. The molecule has 0 aliphatic carbocycles. The zero-order valence-corrected chi connectivity index (χ0v) is 19.0. The zero-order valence-electron chi connectivity index (χ0n) is 17.3. The van der Waals surface area contributed by atoms with Gasteiger partial charge in [0, 0.05) is 13.7 Å². The van der Waals surface area contributed by atoms with Gasteiger partial charge in [-0.2, -0.15) is 4.99 Å². The summed E-state index contributed by atoms with van der Waals surface area (Å²) >= 11 is 1.21. The van der Waals surface area contributed by atoms with E-state index in [4.69, 9.17) is 19.3 Å². The Bertz CT molecular complexity index is 1280. The van der Waals surface area contributed by atoms with Gasteiger partial charge in [0.2, 0.25) is 10.0 Å². The molecule has 1 aromatic heterocycles. The van der Waals surface area contributed by atoms with Gasteiger partial charge in [-0.3, -0.25) is 4.79 Å². The van der Waals surface area contributed by atoms with E-state index in [0.29, 0.717) is 34.2 Å². The van der Waals surface area contributed by atoms with E-state index in [0.717, 1.165) is 11.1 Å². The van der Waals surface area contributed by atoms with Gasteiger partial charge in [-0.15, -0.1) is 0 Å². The van der Waals surface area contributed by atoms with E-state index in [9.17, 15) is 13.2 Å². The summed E-state index contributed by atoms with van der Waals surface area (Å²) in [6.45, 7) is 0.855. The highest BCUT2D eigenvalue weighted by atomic mass is 32.2. The first kappa shape index (κ1) is 22.9. The number of hydrogen-bond donors (Lipinski definition) is 1. The first-order valence-electron chi connectivity index (χ1n) is 9.20. The Labute approximate surface area is 183 Å². The molecule has 0 fully saturated rings. The van der Waals surface area contributed by atoms with Crippen LogP contribution in [0.2, 0.25) is 0 Å². The molecule has 1 amide bonds. The van der Waals surface area contributed by atoms with E-state index in [1.165, 1.54) is 30.6 Å². The van der Waals surface area contributed by atoms with Gasteiger partial charge in [0.15, 0.2) is 16.3 Å². The highest BCUT2D eigenvalue weighted by Gasteiger charge is 2.14. The summed E-state index contributed by atoms with van der Waals surface area (Å²) in [5, 5.41) is 5.24. The number of thiazole rings is 1. The number of carbonyl (C=O) groups excluding carboxylic acids is 1. The van der Waals surface area contributed by atoms with Crippen LogP contribution in [0.1, 0.15) is 5.56 Å². The summed E-state index contributed by atoms with van der Waals surface area (Å²) in [4.78, 5) is 17.4. The second-order valence-corrected chi connectivity index (χ2v) is 9.15. The molecule has 0 saturated heterocycles. The average molecular weight is 466 g/mol. The molecule has 0 aliphatic rings. The lowest BCUT2D eigenvalue weighted by Gasteiger charge is -2.08. The third-order valence-corrected chi connectivity index (χ3v) is 6.48. The van der Waals surface area contributed by atoms with E-state index in [1.54, 1.807) is 38.5 Å². The summed E-state index contributed by atoms with van der Waals surface area (Å²) in [6, 6.07) is 9.80. The Morgan fingerprint density at radius 1 is 1.10 bits per heavy atom. The molecular formula is C20H23N3O6S2. The van der Waals surface area contributed by atoms with Gasteiger partial charge in [0.25, 0.3) is 5.91 Å². The van der Waals surface area contributed by atoms with Crippen LogP contribution < -0.4 is 19.4 Å². The predicted molar refractivity (Wildman–Crippen MR) is 117 cm³/mol. The Hall–Kier alpha value is -2.73. The minimum atomic E-state index is -3.84. The van der Waals surface area contributed by atoms with Crippen LogP contribution in [-0.2, 0) is 32.5 Å². The van der Waals surface area contributed by atoms with E-state index < -0.39 is 10.0 Å². The maximum Gasteiger partial charge on any atom is 0.252 e. The highest BCUT2D eigenvalue weighted by molar-refractivity contribution is 7.89. The number of nitrogens with two attached hydrogens (primary N) is 1. The number of primary sulfonamides is 1. The molecule has 3 aromatic rings. The Morgan fingerprint density at radius 3 is 2.48 bits per heavy atom. The summed E-state index contributed by atoms with van der Waals surface area (Å²) in [7, 11) is 0.807. The van der Waals surface area contributed by atoms with Gasteiger partial charge in [-0.05, 0) is 35.9 Å². The van der Waals surface area contributed by atoms with Gasteiger partial charge in [0.05, 0.1) is 42.4 Å². The molecule has 2 N–H and O–H groups in total. The van der Waals surface area contributed by atoms with Crippen molar-refractivity contribution < 1.29 is 27.4 Å². The van der Waals surface area contributed by atoms with E-state index in [2.05, 4.69) is 4.99 Å². The van der Waals surface area contributed by atoms with Crippen LogP contribution >= 0.6 is 11.3 Å². The lowest BCUT2D eigenvalue weighted by atomic mass is 10.1. The maximum atomic E-state index is 12.7. The fraction of sp³-hybridized carbons (Fsp3) is 0.300. The van der Waals surface area contributed by atoms with Crippen LogP contribution in [0.5, 0.6) is 11.5 Å². The molecule has 0 radical (unpaired) electrons. The molecular weight excluding hydrogens is 442 g/mol. The van der Waals surface area contributed by atoms with E-state index >= 15 is 0 Å². The van der Waals surface area contributed by atoms with Crippen LogP contribution in [0.4, 0.5) is 0 Å². The molecule has 31 heavy (non-hydrogen) atoms. The molecule has 0 atom stereocenters. The van der Waals surface area contributed by atoms with E-state index in [1.807, 2.05) is 4.57 Å². The van der Waals surface area contributed by atoms with Crippen molar-refractivity contribution in [3.8, 4) is 11.5 Å². The first-order chi connectivity index (χ1) is 14.8. The van der Waals surface area contributed by atoms with Crippen molar-refractivity contribution in [3.05, 3.63) is 46.8 Å². The van der Waals surface area contributed by atoms with Crippen LogP contribution in [0.25, 0.3) is 10.2 Å². The SMILES string of the molecule is COCCn1c(=NC(=O)Cc2ccc(OC)c(OC)c2)sc2cc(S(N)(=O)=O)ccc21. The van der Waals surface area contributed by atoms with Crippen LogP contribution in [0.15, 0.2) is 46.3 Å². The number of aromatic nitrogens is 1. The second kappa shape index (κ2) is 9.60. The standard InChI is InChI=1S/C20H23N3O6S2/c1-27-9-8-23-15-6-5-14(31(21,25)26)12-18(15)30-20(23)22-19(24)11-13-4-7-16(28-2)17(10-13)29-3/h4-7,10,12H,8-9,11H2,1-3H3,(H2,21,25,26). The molecule has 2 aromatic carbocycles. The van der Waals surface area contributed by atoms with Gasteiger partial charge in [-0.1, -0.05) is 17.4 Å². The molecule has 1 heterocycles. The van der Waals surface area contributed by atoms with Crippen molar-refractivity contribution >= 4 is 37.5 Å². The van der Waals surface area contributed by atoms with Crippen molar-refractivity contribution in [1.29, 1.82) is 0 Å². The smallest absolute Gasteiger partial charge is 0.252 e. The molecule has 3 rings (SSSR count). The minimum absolute atomic E-state index is 0.00310. The molecule has 9 nitrogen and oxygen atoms in total. The van der Waals surface area contributed by atoms with Gasteiger partial charge in [0.1, 0.15) is 0 Å². The number of hydrogen-bond acceptors (Lipinski definition) is 7. The summed E-state index contributed by atoms with van der Waals surface area (Å²) < 4.78 is 41.5. The third kappa shape index (κ3) is 5.31. The number of rotatable bonds is 8. The van der Waals surface area contributed by atoms with Crippen molar-refractivity contribution in [1.82, 2.24) is 4.57 Å². The average Bonchev–Trinajstić information content (AvgIpc) is 3.07. The lowest BCUT2D eigenvalue weighted by molar-refractivity contribution is -0.117. The Balaban J connectivity index is 2.00. The third-order valence-electron chi connectivity index (χ3n) is 4.53. The van der Waals surface area contributed by atoms with Crippen molar-refractivity contribution in [2.45, 2.75) is 17.9 Å². The molecule has 0 saturated carbocycles. The monoisotopic (exact) mass is 465 g/mol. The number of carbonyl (C=O) groups is 1. The number of ether oxygens (including phenoxy) is 3. The fourth-order valence-electron chi connectivity index (χ4n) is 3.03. The molecule has 0 aliphatic heterocycles. The molecule has 0 spiro atoms. The normalized spacial score (nSPS) is 12.3. The number of nitrogens with zero attached hydrogens (tertiary/aromatic N) is 2. The lowest BCUT2D eigenvalue weighted by Crippen LogP contribution is -2.19. The van der Waals surface area contributed by atoms with Crippen molar-refractivity contribution in [2.75, 3.05) is 27.9 Å². The van der Waals surface area contributed by atoms with Crippen LogP contribution in [0.3, 0.4) is 0 Å². The highest BCUT2D eigenvalue weighted by Crippen LogP contribution is 2.28. The summed E-state index contributed by atoms with van der Waals surface area (Å²) in [5.41, 5.74) is 1.47. The summed E-state index contributed by atoms with van der Waals surface area (Å²) in [5.74, 6) is 0.750. The van der Waals surface area contributed by atoms with Gasteiger partial charge < -0.3 is 18.8 Å². The molecule has 11 heteroatoms. The van der Waals surface area contributed by atoms with Crippen LogP contribution in [0, 0.1) is 0 Å². The van der Waals surface area contributed by atoms with Crippen molar-refractivity contribution in [2.24, 2.45) is 10.1 Å². The number of amides is 1. The van der Waals surface area contributed by atoms with Crippen molar-refractivity contribution in [3.63, 3.8) is 0 Å². The predicted octanol–water partition coefficient (Wildman–Crippen LogP) is 1.68. The molecule has 166 valence electrons. The quantitative estimate of drug-likeness (QED) is 0.540. The molecule has 0 unspecified atom stereocenters. The Morgan fingerprint density at radius 2 is 1.84 bits per heavy atom. The van der Waals surface area contributed by atoms with Crippen LogP contribution in [-0.4, -0.2) is 46.8 Å². The topological polar surface area (TPSA) is 122 Å². The second-order valence-electron chi connectivity index (χ2n) is 6.58. The van der Waals surface area contributed by atoms with E-state index in [-0.39, 0.29) is 17.2 Å². The fourth-order valence-corrected chi connectivity index (χ4v) is 4.75. The molecule has 0 bridgehead atoms. The number of sulfonamides is 1. The van der Waals surface area contributed by atoms with Gasteiger partial charge >= 0.3 is 0 Å². The number of benzene rings is 2. The first-order valence-corrected chi connectivity index (χ1v) is 11.6. The summed E-state index contributed by atoms with van der Waals surface area (Å²) in [6.07, 6.45) is 0.0707. The number of methoxy groups -OCH3 is 3. The minimum Gasteiger partial charge on any atom is -0.493 e. The van der Waals surface area contributed by atoms with Gasteiger partial charge in [-0.25, -0.2) is 13.6 Å².